The van der Waals surface area contributed by atoms with Crippen molar-refractivity contribution >= 4 is 0 Å². The molecule has 1 fully saturated rings. The van der Waals surface area contributed by atoms with E-state index in [2.05, 4.69) is 14.9 Å². The van der Waals surface area contributed by atoms with Gasteiger partial charge in [-0.1, -0.05) is 18.0 Å². The minimum absolute atomic E-state index is 0.0489. The standard InChI is InChI=1S/C12H17F4N3O2/c13-11(14)12(15,16)6-20-5-9-18-10(21-19-9)7-3-1-2-4-8(7)17/h7-8,11H,1-6,17H2. The quantitative estimate of drug-likeness (QED) is 0.817. The predicted octanol–water partition coefficient (Wildman–Crippen LogP) is 2.47. The van der Waals surface area contributed by atoms with Gasteiger partial charge in [-0.3, -0.25) is 0 Å². The molecular weight excluding hydrogens is 294 g/mol. The number of hydrogen-bond donors (Lipinski definition) is 1. The van der Waals surface area contributed by atoms with Crippen LogP contribution in [0.3, 0.4) is 0 Å². The first-order valence-electron chi connectivity index (χ1n) is 6.72. The second kappa shape index (κ2) is 6.69. The third-order valence-corrected chi connectivity index (χ3v) is 3.47. The van der Waals surface area contributed by atoms with E-state index in [9.17, 15) is 17.6 Å². The molecule has 9 heteroatoms. The Balaban J connectivity index is 1.86. The van der Waals surface area contributed by atoms with E-state index in [-0.39, 0.29) is 17.8 Å². The molecule has 0 aliphatic heterocycles. The van der Waals surface area contributed by atoms with Crippen molar-refractivity contribution in [3.05, 3.63) is 11.7 Å². The minimum atomic E-state index is -4.18. The molecule has 1 saturated carbocycles. The van der Waals surface area contributed by atoms with E-state index < -0.39 is 25.6 Å². The highest BCUT2D eigenvalue weighted by Crippen LogP contribution is 2.31. The first-order valence-corrected chi connectivity index (χ1v) is 6.72. The number of nitrogens with zero attached hydrogens (tertiary/aromatic N) is 2. The predicted molar refractivity (Wildman–Crippen MR) is 64.1 cm³/mol. The van der Waals surface area contributed by atoms with Gasteiger partial charge in [0.2, 0.25) is 5.89 Å². The summed E-state index contributed by atoms with van der Waals surface area (Å²) in [6.07, 6.45) is -0.0249. The summed E-state index contributed by atoms with van der Waals surface area (Å²) in [5.41, 5.74) is 5.97. The van der Waals surface area contributed by atoms with Crippen molar-refractivity contribution in [2.75, 3.05) is 6.61 Å². The zero-order valence-corrected chi connectivity index (χ0v) is 11.3. The summed E-state index contributed by atoms with van der Waals surface area (Å²) in [6, 6.07) is -0.0730. The van der Waals surface area contributed by atoms with Crippen LogP contribution in [0.4, 0.5) is 17.6 Å². The van der Waals surface area contributed by atoms with Gasteiger partial charge < -0.3 is 15.0 Å². The van der Waals surface area contributed by atoms with Crippen LogP contribution in [0.1, 0.15) is 43.3 Å². The normalized spacial score (nSPS) is 23.7. The Hall–Kier alpha value is -1.22. The summed E-state index contributed by atoms with van der Waals surface area (Å²) in [7, 11) is 0. The number of rotatable bonds is 6. The third kappa shape index (κ3) is 4.13. The van der Waals surface area contributed by atoms with Gasteiger partial charge in [0, 0.05) is 6.04 Å². The molecule has 1 aromatic heterocycles. The lowest BCUT2D eigenvalue weighted by Gasteiger charge is -2.25. The van der Waals surface area contributed by atoms with E-state index in [1.165, 1.54) is 0 Å². The van der Waals surface area contributed by atoms with Crippen molar-refractivity contribution in [3.63, 3.8) is 0 Å². The highest BCUT2D eigenvalue weighted by Gasteiger charge is 2.41. The summed E-state index contributed by atoms with van der Waals surface area (Å²) in [5, 5.41) is 3.59. The van der Waals surface area contributed by atoms with Gasteiger partial charge in [0.25, 0.3) is 0 Å². The van der Waals surface area contributed by atoms with Crippen molar-refractivity contribution in [3.8, 4) is 0 Å². The van der Waals surface area contributed by atoms with Crippen molar-refractivity contribution < 1.29 is 26.8 Å². The van der Waals surface area contributed by atoms with E-state index >= 15 is 0 Å². The lowest BCUT2D eigenvalue weighted by Crippen LogP contribution is -2.32. The van der Waals surface area contributed by atoms with E-state index in [1.807, 2.05) is 0 Å². The fourth-order valence-corrected chi connectivity index (χ4v) is 2.28. The molecule has 1 aliphatic rings. The van der Waals surface area contributed by atoms with Gasteiger partial charge in [0.05, 0.1) is 5.92 Å². The summed E-state index contributed by atoms with van der Waals surface area (Å²) in [5.74, 6) is -3.84. The fourth-order valence-electron chi connectivity index (χ4n) is 2.28. The SMILES string of the molecule is NC1CCCCC1c1nc(COCC(F)(F)C(F)F)no1. The van der Waals surface area contributed by atoms with Gasteiger partial charge in [0.15, 0.2) is 5.82 Å². The average molecular weight is 311 g/mol. The molecule has 0 saturated heterocycles. The van der Waals surface area contributed by atoms with E-state index in [0.29, 0.717) is 5.89 Å². The number of nitrogens with two attached hydrogens (primary N) is 1. The molecule has 1 aliphatic carbocycles. The molecule has 2 rings (SSSR count). The van der Waals surface area contributed by atoms with Crippen molar-refractivity contribution in [1.82, 2.24) is 10.1 Å². The largest absolute Gasteiger partial charge is 0.367 e. The monoisotopic (exact) mass is 311 g/mol. The molecule has 2 unspecified atom stereocenters. The van der Waals surface area contributed by atoms with Gasteiger partial charge in [-0.15, -0.1) is 0 Å². The van der Waals surface area contributed by atoms with Gasteiger partial charge in [0.1, 0.15) is 13.2 Å². The zero-order valence-electron chi connectivity index (χ0n) is 11.3. The molecule has 0 amide bonds. The topological polar surface area (TPSA) is 74.2 Å². The molecular formula is C12H17F4N3O2. The Labute approximate surface area is 118 Å². The number of aromatic nitrogens is 2. The molecule has 0 spiro atoms. The number of alkyl halides is 4. The maximum Gasteiger partial charge on any atom is 0.330 e. The Morgan fingerprint density at radius 3 is 2.71 bits per heavy atom. The summed E-state index contributed by atoms with van der Waals surface area (Å²) < 4.78 is 58.7. The zero-order chi connectivity index (χ0) is 15.5. The first kappa shape index (κ1) is 16.2. The van der Waals surface area contributed by atoms with Gasteiger partial charge in [-0.25, -0.2) is 8.78 Å². The van der Waals surface area contributed by atoms with Crippen LogP contribution in [0, 0.1) is 0 Å². The van der Waals surface area contributed by atoms with E-state index in [4.69, 9.17) is 10.3 Å². The molecule has 2 atom stereocenters. The molecule has 0 bridgehead atoms. The minimum Gasteiger partial charge on any atom is -0.367 e. The van der Waals surface area contributed by atoms with Crippen LogP contribution in [-0.2, 0) is 11.3 Å². The summed E-state index contributed by atoms with van der Waals surface area (Å²) in [6.45, 7) is -1.80. The van der Waals surface area contributed by atoms with Crippen LogP contribution in [0.15, 0.2) is 4.52 Å². The van der Waals surface area contributed by atoms with Gasteiger partial charge in [-0.2, -0.15) is 13.8 Å². The van der Waals surface area contributed by atoms with Crippen molar-refractivity contribution in [2.24, 2.45) is 5.73 Å². The Morgan fingerprint density at radius 1 is 1.33 bits per heavy atom. The van der Waals surface area contributed by atoms with Crippen LogP contribution in [-0.4, -0.2) is 35.1 Å². The molecule has 0 aromatic carbocycles. The highest BCUT2D eigenvalue weighted by atomic mass is 19.3. The summed E-state index contributed by atoms with van der Waals surface area (Å²) in [4.78, 5) is 4.03. The van der Waals surface area contributed by atoms with Crippen LogP contribution in [0.2, 0.25) is 0 Å². The molecule has 0 radical (unpaired) electrons. The van der Waals surface area contributed by atoms with Crippen molar-refractivity contribution in [1.29, 1.82) is 0 Å². The Bertz CT molecular complexity index is 455. The molecule has 1 heterocycles. The average Bonchev–Trinajstić information content (AvgIpc) is 2.87. The molecule has 1 aromatic rings. The molecule has 2 N–H and O–H groups in total. The maximum atomic E-state index is 12.6. The molecule has 5 nitrogen and oxygen atoms in total. The van der Waals surface area contributed by atoms with Crippen LogP contribution < -0.4 is 5.73 Å². The fraction of sp³-hybridized carbons (Fsp3) is 0.833. The van der Waals surface area contributed by atoms with Crippen LogP contribution >= 0.6 is 0 Å². The maximum absolute atomic E-state index is 12.6. The Morgan fingerprint density at radius 2 is 2.05 bits per heavy atom. The Kier molecular flexibility index (Phi) is 5.15. The smallest absolute Gasteiger partial charge is 0.330 e. The van der Waals surface area contributed by atoms with E-state index in [1.54, 1.807) is 0 Å². The third-order valence-electron chi connectivity index (χ3n) is 3.47. The number of halogens is 4. The summed E-state index contributed by atoms with van der Waals surface area (Å²) >= 11 is 0. The lowest BCUT2D eigenvalue weighted by molar-refractivity contribution is -0.168. The first-order chi connectivity index (χ1) is 9.90. The molecule has 120 valence electrons. The van der Waals surface area contributed by atoms with Gasteiger partial charge >= 0.3 is 12.3 Å². The van der Waals surface area contributed by atoms with Gasteiger partial charge in [-0.05, 0) is 12.8 Å². The van der Waals surface area contributed by atoms with Crippen LogP contribution in [0.25, 0.3) is 0 Å². The number of ether oxygens (including phenoxy) is 1. The second-order valence-corrected chi connectivity index (χ2v) is 5.16. The lowest BCUT2D eigenvalue weighted by atomic mass is 9.85. The highest BCUT2D eigenvalue weighted by molar-refractivity contribution is 5.00. The van der Waals surface area contributed by atoms with E-state index in [0.717, 1.165) is 25.7 Å². The molecule has 21 heavy (non-hydrogen) atoms. The van der Waals surface area contributed by atoms with Crippen molar-refractivity contribution in [2.45, 2.75) is 56.6 Å². The second-order valence-electron chi connectivity index (χ2n) is 5.16. The number of hydrogen-bond acceptors (Lipinski definition) is 5. The van der Waals surface area contributed by atoms with Crippen LogP contribution in [0.5, 0.6) is 0 Å².